The average Bonchev–Trinajstić information content (AvgIpc) is 2.68. The van der Waals surface area contributed by atoms with Crippen molar-refractivity contribution >= 4 is 27.6 Å². The van der Waals surface area contributed by atoms with Crippen LogP contribution in [0, 0.1) is 5.92 Å². The lowest BCUT2D eigenvalue weighted by Gasteiger charge is -2.36. The van der Waals surface area contributed by atoms with Gasteiger partial charge in [0.15, 0.2) is 0 Å². The molecule has 2 aliphatic rings. The van der Waals surface area contributed by atoms with Gasteiger partial charge in [0.05, 0.1) is 30.8 Å². The zero-order valence-electron chi connectivity index (χ0n) is 16.5. The first-order chi connectivity index (χ1) is 13.3. The molecule has 28 heavy (non-hydrogen) atoms. The van der Waals surface area contributed by atoms with Gasteiger partial charge in [0.25, 0.3) is 0 Å². The van der Waals surface area contributed by atoms with Gasteiger partial charge < -0.3 is 14.7 Å². The standard InChI is InChI=1S/C17H22N2O6S.C2H6/c1-26(23,24)19-11-13(25-15-5-3-2-4-14(15)19)10-16(20)18-8-6-12(7-9-18)17(21)22;1-2/h2-5,12-13H,6-11H2,1H3,(H,21,22);1-2H3. The first-order valence-corrected chi connectivity index (χ1v) is 11.3. The van der Waals surface area contributed by atoms with E-state index in [1.807, 2.05) is 13.8 Å². The molecule has 1 N–H and O–H groups in total. The molecule has 2 aliphatic heterocycles. The Labute approximate surface area is 166 Å². The summed E-state index contributed by atoms with van der Waals surface area (Å²) < 4.78 is 31.3. The van der Waals surface area contributed by atoms with E-state index >= 15 is 0 Å². The third-order valence-electron chi connectivity index (χ3n) is 4.80. The summed E-state index contributed by atoms with van der Waals surface area (Å²) >= 11 is 0. The summed E-state index contributed by atoms with van der Waals surface area (Å²) in [6.45, 7) is 4.87. The number of likely N-dealkylation sites (tertiary alicyclic amines) is 1. The molecule has 3 rings (SSSR count). The number of ether oxygens (including phenoxy) is 1. The van der Waals surface area contributed by atoms with Gasteiger partial charge in [0, 0.05) is 13.1 Å². The van der Waals surface area contributed by atoms with E-state index in [9.17, 15) is 18.0 Å². The molecule has 0 bridgehead atoms. The molecular weight excluding hydrogens is 384 g/mol. The first-order valence-electron chi connectivity index (χ1n) is 9.49. The predicted octanol–water partition coefficient (Wildman–Crippen LogP) is 1.95. The van der Waals surface area contributed by atoms with Crippen LogP contribution in [0.5, 0.6) is 5.75 Å². The van der Waals surface area contributed by atoms with Crippen LogP contribution in [0.4, 0.5) is 5.69 Å². The summed E-state index contributed by atoms with van der Waals surface area (Å²) in [5, 5.41) is 9.04. The predicted molar refractivity (Wildman–Crippen MR) is 106 cm³/mol. The van der Waals surface area contributed by atoms with E-state index < -0.39 is 28.0 Å². The van der Waals surface area contributed by atoms with Gasteiger partial charge in [-0.2, -0.15) is 0 Å². The highest BCUT2D eigenvalue weighted by atomic mass is 32.2. The van der Waals surface area contributed by atoms with Gasteiger partial charge in [0.2, 0.25) is 15.9 Å². The summed E-state index contributed by atoms with van der Waals surface area (Å²) in [5.74, 6) is -0.941. The van der Waals surface area contributed by atoms with Crippen molar-refractivity contribution in [2.24, 2.45) is 5.92 Å². The summed E-state index contributed by atoms with van der Waals surface area (Å²) in [5.41, 5.74) is 0.473. The number of carbonyl (C=O) groups is 2. The number of carboxylic acids is 1. The second-order valence-corrected chi connectivity index (χ2v) is 8.61. The Hall–Kier alpha value is -2.29. The van der Waals surface area contributed by atoms with E-state index in [-0.39, 0.29) is 18.9 Å². The minimum Gasteiger partial charge on any atom is -0.486 e. The maximum absolute atomic E-state index is 12.5. The number of rotatable bonds is 4. The third kappa shape index (κ3) is 5.15. The summed E-state index contributed by atoms with van der Waals surface area (Å²) in [4.78, 5) is 25.2. The normalized spacial score (nSPS) is 19.8. The van der Waals surface area contributed by atoms with E-state index in [2.05, 4.69) is 0 Å². The highest BCUT2D eigenvalue weighted by Gasteiger charge is 2.34. The molecule has 2 heterocycles. The molecule has 0 saturated carbocycles. The fraction of sp³-hybridized carbons (Fsp3) is 0.579. The second-order valence-electron chi connectivity index (χ2n) is 6.70. The number of hydrogen-bond acceptors (Lipinski definition) is 5. The molecule has 156 valence electrons. The van der Waals surface area contributed by atoms with Crippen molar-refractivity contribution in [2.45, 2.75) is 39.2 Å². The molecular formula is C19H28N2O6S. The quantitative estimate of drug-likeness (QED) is 0.811. The molecule has 0 spiro atoms. The molecule has 1 amide bonds. The first kappa shape index (κ1) is 22.0. The van der Waals surface area contributed by atoms with Crippen LogP contribution >= 0.6 is 0 Å². The number of amides is 1. The molecule has 1 saturated heterocycles. The zero-order chi connectivity index (χ0) is 20.9. The van der Waals surface area contributed by atoms with Crippen LogP contribution in [-0.4, -0.2) is 62.3 Å². The molecule has 8 nitrogen and oxygen atoms in total. The van der Waals surface area contributed by atoms with Gasteiger partial charge in [-0.05, 0) is 25.0 Å². The minimum absolute atomic E-state index is 0.0537. The van der Waals surface area contributed by atoms with Gasteiger partial charge >= 0.3 is 5.97 Å². The maximum atomic E-state index is 12.5. The molecule has 1 unspecified atom stereocenters. The van der Waals surface area contributed by atoms with Crippen molar-refractivity contribution in [2.75, 3.05) is 30.2 Å². The fourth-order valence-electron chi connectivity index (χ4n) is 3.38. The van der Waals surface area contributed by atoms with Gasteiger partial charge in [0.1, 0.15) is 11.9 Å². The average molecular weight is 413 g/mol. The molecule has 1 aromatic rings. The van der Waals surface area contributed by atoms with E-state index in [0.717, 1.165) is 6.26 Å². The minimum atomic E-state index is -3.49. The lowest BCUT2D eigenvalue weighted by molar-refractivity contribution is -0.146. The number of fused-ring (bicyclic) bond motifs is 1. The largest absolute Gasteiger partial charge is 0.486 e. The highest BCUT2D eigenvalue weighted by Crippen LogP contribution is 2.35. The van der Waals surface area contributed by atoms with E-state index in [4.69, 9.17) is 9.84 Å². The number of benzene rings is 1. The van der Waals surface area contributed by atoms with Crippen LogP contribution in [0.1, 0.15) is 33.1 Å². The van der Waals surface area contributed by atoms with Crippen molar-refractivity contribution < 1.29 is 27.9 Å². The molecule has 0 aromatic heterocycles. The smallest absolute Gasteiger partial charge is 0.306 e. The van der Waals surface area contributed by atoms with Crippen LogP contribution in [0.3, 0.4) is 0 Å². The van der Waals surface area contributed by atoms with Crippen molar-refractivity contribution in [1.82, 2.24) is 4.90 Å². The maximum Gasteiger partial charge on any atom is 0.306 e. The van der Waals surface area contributed by atoms with E-state index in [1.165, 1.54) is 4.31 Å². The molecule has 1 fully saturated rings. The number of carboxylic acid groups (broad SMARTS) is 1. The molecule has 1 aromatic carbocycles. The zero-order valence-corrected chi connectivity index (χ0v) is 17.3. The SMILES string of the molecule is CC.CS(=O)(=O)N1CC(CC(=O)N2CCC(C(=O)O)CC2)Oc2ccccc21. The third-order valence-corrected chi connectivity index (χ3v) is 5.94. The lowest BCUT2D eigenvalue weighted by Crippen LogP contribution is -2.47. The van der Waals surface area contributed by atoms with Gasteiger partial charge in [-0.1, -0.05) is 26.0 Å². The van der Waals surface area contributed by atoms with Crippen LogP contribution in [-0.2, 0) is 19.6 Å². The Morgan fingerprint density at radius 1 is 1.18 bits per heavy atom. The summed E-state index contributed by atoms with van der Waals surface area (Å²) in [7, 11) is -3.49. The molecule has 0 aliphatic carbocycles. The second kappa shape index (κ2) is 9.27. The molecule has 9 heteroatoms. The van der Waals surface area contributed by atoms with Crippen molar-refractivity contribution in [3.05, 3.63) is 24.3 Å². The number of sulfonamides is 1. The highest BCUT2D eigenvalue weighted by molar-refractivity contribution is 7.92. The number of carbonyl (C=O) groups excluding carboxylic acids is 1. The van der Waals surface area contributed by atoms with Crippen molar-refractivity contribution in [3.8, 4) is 5.75 Å². The Morgan fingerprint density at radius 3 is 2.36 bits per heavy atom. The Morgan fingerprint density at radius 2 is 1.79 bits per heavy atom. The van der Waals surface area contributed by atoms with Crippen molar-refractivity contribution in [1.29, 1.82) is 0 Å². The topological polar surface area (TPSA) is 104 Å². The summed E-state index contributed by atoms with van der Waals surface area (Å²) in [6.07, 6.45) is 1.47. The van der Waals surface area contributed by atoms with Crippen LogP contribution in [0.2, 0.25) is 0 Å². The molecule has 1 atom stereocenters. The monoisotopic (exact) mass is 412 g/mol. The Balaban J connectivity index is 0.00000136. The molecule has 0 radical (unpaired) electrons. The van der Waals surface area contributed by atoms with Crippen LogP contribution in [0.25, 0.3) is 0 Å². The van der Waals surface area contributed by atoms with Gasteiger partial charge in [-0.3, -0.25) is 13.9 Å². The van der Waals surface area contributed by atoms with Gasteiger partial charge in [-0.15, -0.1) is 0 Å². The van der Waals surface area contributed by atoms with Crippen LogP contribution in [0.15, 0.2) is 24.3 Å². The van der Waals surface area contributed by atoms with E-state index in [1.54, 1.807) is 29.2 Å². The Kier molecular flexibility index (Phi) is 7.29. The fourth-order valence-corrected chi connectivity index (χ4v) is 4.33. The number of nitrogens with zero attached hydrogens (tertiary/aromatic N) is 2. The number of hydrogen-bond donors (Lipinski definition) is 1. The number of anilines is 1. The summed E-state index contributed by atoms with van der Waals surface area (Å²) in [6, 6.07) is 6.84. The van der Waals surface area contributed by atoms with Gasteiger partial charge in [-0.25, -0.2) is 8.42 Å². The Bertz CT molecular complexity index is 802. The van der Waals surface area contributed by atoms with E-state index in [0.29, 0.717) is 37.4 Å². The number of para-hydroxylation sites is 2. The number of piperidine rings is 1. The van der Waals surface area contributed by atoms with Crippen molar-refractivity contribution in [3.63, 3.8) is 0 Å². The van der Waals surface area contributed by atoms with Crippen LogP contribution < -0.4 is 9.04 Å². The lowest BCUT2D eigenvalue weighted by atomic mass is 9.97. The number of aliphatic carboxylic acids is 1.